The van der Waals surface area contributed by atoms with Crippen molar-refractivity contribution in [1.82, 2.24) is 9.88 Å². The predicted octanol–water partition coefficient (Wildman–Crippen LogP) is 1.39. The van der Waals surface area contributed by atoms with E-state index in [1.165, 1.54) is 5.56 Å². The van der Waals surface area contributed by atoms with Gasteiger partial charge in [-0.3, -0.25) is 9.78 Å². The second-order valence-electron chi connectivity index (χ2n) is 7.49. The van der Waals surface area contributed by atoms with E-state index in [0.29, 0.717) is 47.5 Å². The van der Waals surface area contributed by atoms with Crippen LogP contribution in [0.5, 0.6) is 0 Å². The van der Waals surface area contributed by atoms with Gasteiger partial charge in [-0.15, -0.1) is 0 Å². The molecule has 0 unspecified atom stereocenters. The van der Waals surface area contributed by atoms with Gasteiger partial charge in [0.1, 0.15) is 5.69 Å². The number of benzene rings is 2. The number of likely N-dealkylation sites (tertiary alicyclic amines) is 1. The predicted molar refractivity (Wildman–Crippen MR) is 114 cm³/mol. The van der Waals surface area contributed by atoms with Crippen LogP contribution in [0.25, 0.3) is 10.8 Å². The van der Waals surface area contributed by atoms with Crippen LogP contribution in [0, 0.1) is 0 Å². The highest BCUT2D eigenvalue weighted by atomic mass is 16.4. The molecule has 4 N–H and O–H groups in total. The molecule has 0 saturated carbocycles. The van der Waals surface area contributed by atoms with E-state index in [9.17, 15) is 14.8 Å². The van der Waals surface area contributed by atoms with E-state index in [2.05, 4.69) is 17.1 Å². The lowest BCUT2D eigenvalue weighted by molar-refractivity contribution is 0.0709. The molecule has 0 bridgehead atoms. The average molecular weight is 389 g/mol. The Kier molecular flexibility index (Phi) is 5.62. The van der Waals surface area contributed by atoms with Gasteiger partial charge in [0.15, 0.2) is 0 Å². The maximum atomic E-state index is 13.2. The van der Waals surface area contributed by atoms with Crippen molar-refractivity contribution in [3.8, 4) is 0 Å². The first-order valence-electron chi connectivity index (χ1n) is 9.90. The summed E-state index contributed by atoms with van der Waals surface area (Å²) in [6.45, 7) is 1.86. The molecule has 29 heavy (non-hydrogen) atoms. The Morgan fingerprint density at radius 1 is 1.10 bits per heavy atom. The summed E-state index contributed by atoms with van der Waals surface area (Å²) >= 11 is 0. The summed E-state index contributed by atoms with van der Waals surface area (Å²) in [5, 5.41) is 20.5. The number of pyridine rings is 1. The van der Waals surface area contributed by atoms with E-state index >= 15 is 0 Å². The van der Waals surface area contributed by atoms with Crippen molar-refractivity contribution >= 4 is 29.3 Å². The van der Waals surface area contributed by atoms with Crippen molar-refractivity contribution in [3.63, 3.8) is 0 Å². The van der Waals surface area contributed by atoms with Crippen LogP contribution in [0.3, 0.4) is 0 Å². The van der Waals surface area contributed by atoms with Crippen LogP contribution >= 0.6 is 0 Å². The number of fused-ring (bicyclic) bond motifs is 1. The zero-order chi connectivity index (χ0) is 20.4. The lowest BCUT2D eigenvalue weighted by Gasteiger charge is -2.32. The summed E-state index contributed by atoms with van der Waals surface area (Å²) in [5.74, 6) is 0.302. The molecular formula is C22H24BN3O3. The molecule has 1 fully saturated rings. The Morgan fingerprint density at radius 3 is 2.59 bits per heavy atom. The standard InChI is InChI=1S/C22H24BN3O3/c24-14-15-3-1-4-17(13-15)16-8-11-26(12-9-16)22(27)21-19-5-2-6-20(23(28)29)18(19)7-10-25-21/h1-7,10,13,16,28-29H,8-9,11-12,14,24H2. The number of nitrogens with two attached hydrogens (primary N) is 1. The molecule has 1 saturated heterocycles. The minimum Gasteiger partial charge on any atom is -0.423 e. The number of hydrogen-bond acceptors (Lipinski definition) is 5. The van der Waals surface area contributed by atoms with Crippen LogP contribution in [0.15, 0.2) is 54.7 Å². The number of aromatic nitrogens is 1. The number of piperidine rings is 1. The summed E-state index contributed by atoms with van der Waals surface area (Å²) < 4.78 is 0. The van der Waals surface area contributed by atoms with Crippen molar-refractivity contribution in [2.75, 3.05) is 13.1 Å². The second-order valence-corrected chi connectivity index (χ2v) is 7.49. The maximum Gasteiger partial charge on any atom is 0.489 e. The Balaban J connectivity index is 1.54. The quantitative estimate of drug-likeness (QED) is 0.586. The summed E-state index contributed by atoms with van der Waals surface area (Å²) in [4.78, 5) is 19.3. The van der Waals surface area contributed by atoms with Gasteiger partial charge in [-0.2, -0.15) is 0 Å². The molecule has 6 nitrogen and oxygen atoms in total. The van der Waals surface area contributed by atoms with Crippen LogP contribution < -0.4 is 11.2 Å². The van der Waals surface area contributed by atoms with Gasteiger partial charge < -0.3 is 20.7 Å². The minimum atomic E-state index is -1.59. The van der Waals surface area contributed by atoms with Crippen LogP contribution in [0.1, 0.15) is 40.4 Å². The molecule has 1 amide bonds. The lowest BCUT2D eigenvalue weighted by Crippen LogP contribution is -2.38. The van der Waals surface area contributed by atoms with Crippen LogP contribution in [-0.2, 0) is 6.54 Å². The first kappa shape index (κ1) is 19.6. The van der Waals surface area contributed by atoms with Crippen LogP contribution in [0.2, 0.25) is 0 Å². The van der Waals surface area contributed by atoms with E-state index in [1.807, 2.05) is 17.0 Å². The number of nitrogens with zero attached hydrogens (tertiary/aromatic N) is 2. The highest BCUT2D eigenvalue weighted by molar-refractivity contribution is 6.62. The third-order valence-electron chi connectivity index (χ3n) is 5.76. The fourth-order valence-electron chi connectivity index (χ4n) is 4.17. The number of hydrogen-bond donors (Lipinski definition) is 3. The van der Waals surface area contributed by atoms with E-state index in [-0.39, 0.29) is 5.91 Å². The van der Waals surface area contributed by atoms with Gasteiger partial charge in [0.2, 0.25) is 0 Å². The summed E-state index contributed by atoms with van der Waals surface area (Å²) in [5.41, 5.74) is 8.90. The van der Waals surface area contributed by atoms with Crippen molar-refractivity contribution in [2.45, 2.75) is 25.3 Å². The summed E-state index contributed by atoms with van der Waals surface area (Å²) in [6, 6.07) is 15.2. The average Bonchev–Trinajstić information content (AvgIpc) is 2.77. The highest BCUT2D eigenvalue weighted by Gasteiger charge is 2.27. The van der Waals surface area contributed by atoms with Crippen LogP contribution in [0.4, 0.5) is 0 Å². The fourth-order valence-corrected chi connectivity index (χ4v) is 4.17. The second kappa shape index (κ2) is 8.33. The molecule has 1 aromatic heterocycles. The Hall–Kier alpha value is -2.74. The van der Waals surface area contributed by atoms with Crippen molar-refractivity contribution in [1.29, 1.82) is 0 Å². The molecule has 0 atom stereocenters. The number of carbonyl (C=O) groups excluding carboxylic acids is 1. The number of carbonyl (C=O) groups is 1. The monoisotopic (exact) mass is 389 g/mol. The van der Waals surface area contributed by atoms with E-state index in [1.54, 1.807) is 30.5 Å². The Bertz CT molecular complexity index is 1030. The van der Waals surface area contributed by atoms with E-state index < -0.39 is 7.12 Å². The molecule has 2 heterocycles. The molecule has 1 aliphatic rings. The van der Waals surface area contributed by atoms with Gasteiger partial charge in [0.05, 0.1) is 0 Å². The third kappa shape index (κ3) is 3.89. The zero-order valence-corrected chi connectivity index (χ0v) is 16.2. The largest absolute Gasteiger partial charge is 0.489 e. The van der Waals surface area contributed by atoms with Gasteiger partial charge >= 0.3 is 7.12 Å². The topological polar surface area (TPSA) is 99.7 Å². The van der Waals surface area contributed by atoms with Gasteiger partial charge in [-0.25, -0.2) is 0 Å². The first-order valence-corrected chi connectivity index (χ1v) is 9.90. The summed E-state index contributed by atoms with van der Waals surface area (Å²) in [6.07, 6.45) is 3.34. The van der Waals surface area contributed by atoms with Crippen molar-refractivity contribution < 1.29 is 14.8 Å². The third-order valence-corrected chi connectivity index (χ3v) is 5.76. The molecule has 2 aromatic carbocycles. The SMILES string of the molecule is NCc1cccc(C2CCN(C(=O)c3nccc4c(B(O)O)cccc34)CC2)c1. The first-order chi connectivity index (χ1) is 14.1. The maximum absolute atomic E-state index is 13.2. The molecule has 3 aromatic rings. The van der Waals surface area contributed by atoms with Gasteiger partial charge in [0.25, 0.3) is 5.91 Å². The Labute approximate surface area is 170 Å². The molecule has 148 valence electrons. The van der Waals surface area contributed by atoms with E-state index in [0.717, 1.165) is 18.4 Å². The minimum absolute atomic E-state index is 0.116. The lowest BCUT2D eigenvalue weighted by atomic mass is 9.77. The smallest absolute Gasteiger partial charge is 0.423 e. The van der Waals surface area contributed by atoms with Crippen molar-refractivity contribution in [2.24, 2.45) is 5.73 Å². The van der Waals surface area contributed by atoms with Crippen LogP contribution in [-0.4, -0.2) is 46.0 Å². The fraction of sp³-hybridized carbons (Fsp3) is 0.273. The molecule has 1 aliphatic heterocycles. The molecule has 7 heteroatoms. The molecule has 0 aliphatic carbocycles. The summed E-state index contributed by atoms with van der Waals surface area (Å²) in [7, 11) is -1.59. The van der Waals surface area contributed by atoms with Gasteiger partial charge in [-0.05, 0) is 46.8 Å². The van der Waals surface area contributed by atoms with E-state index in [4.69, 9.17) is 5.73 Å². The van der Waals surface area contributed by atoms with Gasteiger partial charge in [0, 0.05) is 31.2 Å². The number of rotatable bonds is 4. The molecular weight excluding hydrogens is 365 g/mol. The molecule has 0 spiro atoms. The normalized spacial score (nSPS) is 14.9. The molecule has 0 radical (unpaired) electrons. The van der Waals surface area contributed by atoms with Gasteiger partial charge in [-0.1, -0.05) is 42.5 Å². The van der Waals surface area contributed by atoms with Crippen molar-refractivity contribution in [3.05, 3.63) is 71.5 Å². The molecule has 4 rings (SSSR count). The number of amides is 1. The Morgan fingerprint density at radius 2 is 1.86 bits per heavy atom. The highest BCUT2D eigenvalue weighted by Crippen LogP contribution is 2.29. The zero-order valence-electron chi connectivity index (χ0n) is 16.2.